The van der Waals surface area contributed by atoms with Crippen molar-refractivity contribution in [1.29, 1.82) is 0 Å². The zero-order valence-electron chi connectivity index (χ0n) is 24.1. The number of carbonyl (C=O) groups excluding carboxylic acids is 1. The minimum absolute atomic E-state index is 0.183. The first-order valence-corrected chi connectivity index (χ1v) is 14.4. The van der Waals surface area contributed by atoms with E-state index in [0.29, 0.717) is 17.4 Å². The number of nitrogens with zero attached hydrogens (tertiary/aromatic N) is 5. The molecule has 2 N–H and O–H groups in total. The van der Waals surface area contributed by atoms with Gasteiger partial charge in [-0.3, -0.25) is 4.79 Å². The van der Waals surface area contributed by atoms with Crippen molar-refractivity contribution in [2.45, 2.75) is 58.9 Å². The summed E-state index contributed by atoms with van der Waals surface area (Å²) in [4.78, 5) is 31.5. The molecular formula is C30H39N7O3. The molecule has 4 heterocycles. The summed E-state index contributed by atoms with van der Waals surface area (Å²) in [7, 11) is 3.78. The van der Waals surface area contributed by atoms with Gasteiger partial charge in [0.25, 0.3) is 0 Å². The number of hydrogen-bond acceptors (Lipinski definition) is 8. The first-order valence-electron chi connectivity index (χ1n) is 14.4. The number of likely N-dealkylation sites (N-methyl/N-ethyl adjacent to an activating group) is 1. The summed E-state index contributed by atoms with van der Waals surface area (Å²) in [5.74, 6) is 3.25. The van der Waals surface area contributed by atoms with Gasteiger partial charge in [0.05, 0.1) is 23.8 Å². The van der Waals surface area contributed by atoms with Gasteiger partial charge in [-0.05, 0) is 58.7 Å². The van der Waals surface area contributed by atoms with Crippen LogP contribution >= 0.6 is 0 Å². The van der Waals surface area contributed by atoms with Crippen molar-refractivity contribution in [3.05, 3.63) is 29.4 Å². The van der Waals surface area contributed by atoms with Crippen molar-refractivity contribution < 1.29 is 14.1 Å². The molecule has 1 aliphatic heterocycles. The summed E-state index contributed by atoms with van der Waals surface area (Å²) >= 11 is 0. The number of ether oxygens (including phenoxy) is 1. The van der Waals surface area contributed by atoms with E-state index in [1.807, 2.05) is 31.7 Å². The maximum atomic E-state index is 14.0. The third-order valence-corrected chi connectivity index (χ3v) is 8.68. The van der Waals surface area contributed by atoms with Gasteiger partial charge >= 0.3 is 0 Å². The lowest BCUT2D eigenvalue weighted by molar-refractivity contribution is -0.135. The second kappa shape index (κ2) is 10.7. The molecule has 1 aromatic carbocycles. The van der Waals surface area contributed by atoms with E-state index in [0.717, 1.165) is 96.4 Å². The minimum atomic E-state index is -0.324. The molecule has 1 saturated heterocycles. The summed E-state index contributed by atoms with van der Waals surface area (Å²) in [5, 5.41) is 9.63. The van der Waals surface area contributed by atoms with Crippen LogP contribution in [-0.2, 0) is 4.79 Å². The van der Waals surface area contributed by atoms with E-state index in [2.05, 4.69) is 33.5 Å². The van der Waals surface area contributed by atoms with Crippen molar-refractivity contribution in [3.63, 3.8) is 0 Å². The van der Waals surface area contributed by atoms with E-state index in [1.54, 1.807) is 7.11 Å². The number of anilines is 1. The summed E-state index contributed by atoms with van der Waals surface area (Å²) in [6.07, 6.45) is 5.65. The van der Waals surface area contributed by atoms with Gasteiger partial charge in [-0.15, -0.1) is 0 Å². The Morgan fingerprint density at radius 2 is 1.85 bits per heavy atom. The Morgan fingerprint density at radius 1 is 1.10 bits per heavy atom. The van der Waals surface area contributed by atoms with Gasteiger partial charge in [0.1, 0.15) is 34.8 Å². The average molecular weight is 546 g/mol. The van der Waals surface area contributed by atoms with Gasteiger partial charge in [0.15, 0.2) is 0 Å². The second-order valence-electron chi connectivity index (χ2n) is 11.4. The van der Waals surface area contributed by atoms with Gasteiger partial charge in [0, 0.05) is 42.6 Å². The van der Waals surface area contributed by atoms with Crippen LogP contribution in [0.15, 0.2) is 16.7 Å². The molecule has 1 unspecified atom stereocenters. The lowest BCUT2D eigenvalue weighted by Gasteiger charge is -2.38. The smallest absolute Gasteiger partial charge is 0.245 e. The Morgan fingerprint density at radius 3 is 2.52 bits per heavy atom. The van der Waals surface area contributed by atoms with E-state index in [1.165, 1.54) is 6.42 Å². The second-order valence-corrected chi connectivity index (χ2v) is 11.4. The molecule has 1 aliphatic carbocycles. The molecular weight excluding hydrogens is 506 g/mol. The summed E-state index contributed by atoms with van der Waals surface area (Å²) in [6.45, 7) is 9.04. The average Bonchev–Trinajstić information content (AvgIpc) is 3.48. The van der Waals surface area contributed by atoms with Crippen LogP contribution < -0.4 is 10.1 Å². The number of aromatic amines is 1. The number of methoxy groups -OCH3 is 1. The fourth-order valence-corrected chi connectivity index (χ4v) is 6.49. The number of aryl methyl sites for hydroxylation is 3. The zero-order chi connectivity index (χ0) is 28.0. The standard InChI is InChI=1S/C30H39N7O3/c1-17-25(18(2)40-35-17)22-15-23-21(16-24(22)39-5)26-28(33-23)31-19(3)32-29(26)34-27(20-9-7-6-8-10-20)30(38)37-13-11-36(4)12-14-37/h15-16,20,27H,6-14H2,1-5H3,(H2,31,32,33,34). The molecule has 10 nitrogen and oxygen atoms in total. The van der Waals surface area contributed by atoms with Crippen LogP contribution in [0, 0.1) is 26.7 Å². The number of nitrogens with one attached hydrogen (secondary N) is 2. The van der Waals surface area contributed by atoms with Crippen LogP contribution in [0.2, 0.25) is 0 Å². The summed E-state index contributed by atoms with van der Waals surface area (Å²) in [5.41, 5.74) is 4.28. The SMILES string of the molecule is COc1cc2c(cc1-c1c(C)noc1C)[nH]c1nc(C)nc(NC(C(=O)N3CCN(C)CC3)C3CCCCC3)c12. The van der Waals surface area contributed by atoms with Gasteiger partial charge in [-0.1, -0.05) is 24.4 Å². The van der Waals surface area contributed by atoms with E-state index in [9.17, 15) is 4.79 Å². The number of aromatic nitrogens is 4. The highest BCUT2D eigenvalue weighted by Crippen LogP contribution is 2.41. The number of amides is 1. The fraction of sp³-hybridized carbons (Fsp3) is 0.533. The summed E-state index contributed by atoms with van der Waals surface area (Å²) < 4.78 is 11.3. The molecule has 1 atom stereocenters. The molecule has 1 amide bonds. The Balaban J connectivity index is 1.45. The lowest BCUT2D eigenvalue weighted by atomic mass is 9.83. The Labute approximate surface area is 234 Å². The number of piperazine rings is 1. The highest BCUT2D eigenvalue weighted by Gasteiger charge is 2.34. The Kier molecular flexibility index (Phi) is 7.12. The highest BCUT2D eigenvalue weighted by molar-refractivity contribution is 6.13. The Bertz CT molecular complexity index is 1520. The van der Waals surface area contributed by atoms with Gasteiger partial charge < -0.3 is 29.4 Å². The number of fused-ring (bicyclic) bond motifs is 3. The molecule has 0 bridgehead atoms. The number of rotatable bonds is 6. The fourth-order valence-electron chi connectivity index (χ4n) is 6.49. The number of carbonyl (C=O) groups is 1. The lowest BCUT2D eigenvalue weighted by Crippen LogP contribution is -2.53. The predicted molar refractivity (Wildman–Crippen MR) is 156 cm³/mol. The molecule has 6 rings (SSSR count). The first kappa shape index (κ1) is 26.6. The third-order valence-electron chi connectivity index (χ3n) is 8.68. The monoisotopic (exact) mass is 545 g/mol. The van der Waals surface area contributed by atoms with E-state index < -0.39 is 0 Å². The van der Waals surface area contributed by atoms with Gasteiger partial charge in [0.2, 0.25) is 5.91 Å². The molecule has 2 aliphatic rings. The first-order chi connectivity index (χ1) is 19.3. The van der Waals surface area contributed by atoms with E-state index >= 15 is 0 Å². The van der Waals surface area contributed by atoms with Gasteiger partial charge in [-0.25, -0.2) is 9.97 Å². The van der Waals surface area contributed by atoms with Crippen molar-refractivity contribution in [2.24, 2.45) is 5.92 Å². The maximum Gasteiger partial charge on any atom is 0.245 e. The predicted octanol–water partition coefficient (Wildman–Crippen LogP) is 4.83. The normalized spacial score (nSPS) is 18.0. The van der Waals surface area contributed by atoms with Crippen molar-refractivity contribution >= 4 is 33.7 Å². The van der Waals surface area contributed by atoms with E-state index in [4.69, 9.17) is 19.2 Å². The van der Waals surface area contributed by atoms with Crippen LogP contribution in [0.3, 0.4) is 0 Å². The molecule has 0 spiro atoms. The molecule has 1 saturated carbocycles. The number of H-pyrrole nitrogens is 1. The minimum Gasteiger partial charge on any atom is -0.496 e. The van der Waals surface area contributed by atoms with Crippen LogP contribution in [0.4, 0.5) is 5.82 Å². The number of benzene rings is 1. The topological polar surface area (TPSA) is 112 Å². The van der Waals surface area contributed by atoms with Crippen molar-refractivity contribution in [2.75, 3.05) is 45.7 Å². The number of hydrogen-bond donors (Lipinski definition) is 2. The van der Waals surface area contributed by atoms with Crippen LogP contribution in [-0.4, -0.2) is 82.2 Å². The zero-order valence-corrected chi connectivity index (χ0v) is 24.1. The molecule has 40 heavy (non-hydrogen) atoms. The largest absolute Gasteiger partial charge is 0.496 e. The quantitative estimate of drug-likeness (QED) is 0.354. The van der Waals surface area contributed by atoms with Crippen LogP contribution in [0.5, 0.6) is 5.75 Å². The maximum absolute atomic E-state index is 14.0. The molecule has 212 valence electrons. The molecule has 3 aromatic heterocycles. The van der Waals surface area contributed by atoms with Crippen molar-refractivity contribution in [3.8, 4) is 16.9 Å². The molecule has 2 fully saturated rings. The van der Waals surface area contributed by atoms with E-state index in [-0.39, 0.29) is 17.9 Å². The third kappa shape index (κ3) is 4.78. The molecule has 0 radical (unpaired) electrons. The van der Waals surface area contributed by atoms with Gasteiger partial charge in [-0.2, -0.15) is 0 Å². The van der Waals surface area contributed by atoms with Crippen molar-refractivity contribution in [1.82, 2.24) is 29.9 Å². The molecule has 4 aromatic rings. The summed E-state index contributed by atoms with van der Waals surface area (Å²) in [6, 6.07) is 3.77. The molecule has 10 heteroatoms. The van der Waals surface area contributed by atoms with Crippen LogP contribution in [0.1, 0.15) is 49.4 Å². The van der Waals surface area contributed by atoms with Crippen LogP contribution in [0.25, 0.3) is 33.1 Å². The Hall–Kier alpha value is -3.66. The highest BCUT2D eigenvalue weighted by atomic mass is 16.5.